The smallest absolute Gasteiger partial charge is 0.272 e. The Balaban J connectivity index is 1.53. The number of aromatic nitrogens is 3. The molecular weight excluding hydrogens is 310 g/mol. The van der Waals surface area contributed by atoms with Crippen molar-refractivity contribution in [3.63, 3.8) is 0 Å². The van der Waals surface area contributed by atoms with Crippen LogP contribution in [0.2, 0.25) is 0 Å². The summed E-state index contributed by atoms with van der Waals surface area (Å²) in [6, 6.07) is 3.52. The monoisotopic (exact) mass is 331 g/mol. The summed E-state index contributed by atoms with van der Waals surface area (Å²) < 4.78 is 6.96. The molecule has 2 aromatic rings. The lowest BCUT2D eigenvalue weighted by molar-refractivity contribution is -0.201. The predicted octanol–water partition coefficient (Wildman–Crippen LogP) is 1.29. The van der Waals surface area contributed by atoms with E-state index >= 15 is 0 Å². The third kappa shape index (κ3) is 2.94. The van der Waals surface area contributed by atoms with E-state index < -0.39 is 0 Å². The molecule has 2 aromatic heterocycles. The van der Waals surface area contributed by atoms with Crippen LogP contribution in [0.4, 0.5) is 0 Å². The minimum absolute atomic E-state index is 0.0271. The summed E-state index contributed by atoms with van der Waals surface area (Å²) in [6.07, 6.45) is 3.72. The van der Waals surface area contributed by atoms with E-state index in [0.29, 0.717) is 26.2 Å². The quantitative estimate of drug-likeness (QED) is 0.843. The van der Waals surface area contributed by atoms with Crippen LogP contribution in [0.5, 0.6) is 0 Å². The molecule has 0 aromatic carbocycles. The molecule has 0 radical (unpaired) electrons. The molecule has 0 N–H and O–H groups in total. The lowest BCUT2D eigenvalue weighted by atomic mass is 10.1. The molecule has 1 atom stereocenters. The van der Waals surface area contributed by atoms with Crippen LogP contribution < -0.4 is 0 Å². The number of aryl methyl sites for hydroxylation is 1. The summed E-state index contributed by atoms with van der Waals surface area (Å²) in [5, 5.41) is 9.91. The van der Waals surface area contributed by atoms with Crippen LogP contribution >= 0.6 is 0 Å². The van der Waals surface area contributed by atoms with E-state index in [0.717, 1.165) is 36.5 Å². The lowest BCUT2D eigenvalue weighted by Gasteiger charge is -2.36. The van der Waals surface area contributed by atoms with E-state index in [-0.39, 0.29) is 11.9 Å². The minimum atomic E-state index is -0.366. The molecule has 0 unspecified atom stereocenters. The van der Waals surface area contributed by atoms with Gasteiger partial charge in [-0.1, -0.05) is 5.16 Å². The number of hydroxylamine groups is 2. The standard InChI is InChI=1S/C16H21N5O3/c1-12-8-13(18-24-12)9-19-10-14-4-5-17-21(14)15(11-19)16(22)20-6-2-3-7-23-20/h4-5,8,15H,2-3,6-7,9-11H2,1H3/t15-/m1/s1. The summed E-state index contributed by atoms with van der Waals surface area (Å²) in [5.41, 5.74) is 1.90. The predicted molar refractivity (Wildman–Crippen MR) is 83.5 cm³/mol. The van der Waals surface area contributed by atoms with Crippen molar-refractivity contribution in [3.8, 4) is 0 Å². The Morgan fingerprint density at radius 1 is 1.42 bits per heavy atom. The third-order valence-electron chi connectivity index (χ3n) is 4.46. The molecule has 0 spiro atoms. The van der Waals surface area contributed by atoms with Crippen molar-refractivity contribution in [3.05, 3.63) is 35.5 Å². The minimum Gasteiger partial charge on any atom is -0.361 e. The van der Waals surface area contributed by atoms with E-state index in [1.54, 1.807) is 6.20 Å². The molecule has 0 bridgehead atoms. The second-order valence-electron chi connectivity index (χ2n) is 6.36. The molecule has 2 aliphatic rings. The van der Waals surface area contributed by atoms with Crippen molar-refractivity contribution in [2.24, 2.45) is 0 Å². The van der Waals surface area contributed by atoms with Crippen molar-refractivity contribution in [1.29, 1.82) is 0 Å². The van der Waals surface area contributed by atoms with Gasteiger partial charge in [-0.15, -0.1) is 0 Å². The zero-order valence-corrected chi connectivity index (χ0v) is 13.7. The molecule has 128 valence electrons. The maximum absolute atomic E-state index is 12.9. The van der Waals surface area contributed by atoms with E-state index in [9.17, 15) is 4.79 Å². The van der Waals surface area contributed by atoms with Gasteiger partial charge in [0.05, 0.1) is 18.0 Å². The molecule has 1 saturated heterocycles. The fraction of sp³-hybridized carbons (Fsp3) is 0.562. The first-order valence-electron chi connectivity index (χ1n) is 8.32. The number of amides is 1. The first-order valence-corrected chi connectivity index (χ1v) is 8.32. The SMILES string of the molecule is Cc1cc(CN2Cc3ccnn3[C@@H](C(=O)N3CCCCO3)C2)no1. The molecule has 2 aliphatic heterocycles. The normalized spacial score (nSPS) is 21.7. The van der Waals surface area contributed by atoms with Crippen LogP contribution in [0, 0.1) is 6.92 Å². The Hall–Kier alpha value is -2.19. The summed E-state index contributed by atoms with van der Waals surface area (Å²) in [4.78, 5) is 20.6. The Labute approximate surface area is 139 Å². The van der Waals surface area contributed by atoms with Crippen molar-refractivity contribution in [1.82, 2.24) is 24.9 Å². The largest absolute Gasteiger partial charge is 0.361 e. The van der Waals surface area contributed by atoms with Crippen molar-refractivity contribution < 1.29 is 14.2 Å². The average molecular weight is 331 g/mol. The van der Waals surface area contributed by atoms with E-state index in [2.05, 4.69) is 15.2 Å². The fourth-order valence-corrected chi connectivity index (χ4v) is 3.32. The van der Waals surface area contributed by atoms with E-state index in [1.165, 1.54) is 5.06 Å². The molecule has 0 saturated carbocycles. The maximum atomic E-state index is 12.9. The molecule has 8 nitrogen and oxygen atoms in total. The molecule has 1 fully saturated rings. The molecule has 4 rings (SSSR count). The van der Waals surface area contributed by atoms with Gasteiger partial charge in [-0.3, -0.25) is 19.2 Å². The van der Waals surface area contributed by atoms with Crippen LogP contribution in [0.15, 0.2) is 22.9 Å². The number of fused-ring (bicyclic) bond motifs is 1. The summed E-state index contributed by atoms with van der Waals surface area (Å²) in [5.74, 6) is 0.766. The summed E-state index contributed by atoms with van der Waals surface area (Å²) >= 11 is 0. The van der Waals surface area contributed by atoms with Gasteiger partial charge in [-0.2, -0.15) is 5.10 Å². The highest BCUT2D eigenvalue weighted by Gasteiger charge is 2.35. The third-order valence-corrected chi connectivity index (χ3v) is 4.46. The van der Waals surface area contributed by atoms with E-state index in [4.69, 9.17) is 9.36 Å². The van der Waals surface area contributed by atoms with Crippen LogP contribution in [0.25, 0.3) is 0 Å². The van der Waals surface area contributed by atoms with Gasteiger partial charge in [-0.25, -0.2) is 5.06 Å². The van der Waals surface area contributed by atoms with Gasteiger partial charge in [0.15, 0.2) is 0 Å². The number of hydrogen-bond acceptors (Lipinski definition) is 6. The van der Waals surface area contributed by atoms with Crippen LogP contribution in [0.1, 0.15) is 36.0 Å². The number of rotatable bonds is 3. The highest BCUT2D eigenvalue weighted by molar-refractivity contribution is 5.80. The molecule has 8 heteroatoms. The van der Waals surface area contributed by atoms with Gasteiger partial charge < -0.3 is 4.52 Å². The second kappa shape index (κ2) is 6.37. The first kappa shape index (κ1) is 15.3. The Kier molecular flexibility index (Phi) is 4.07. The van der Waals surface area contributed by atoms with Crippen molar-refractivity contribution in [2.45, 2.75) is 38.9 Å². The van der Waals surface area contributed by atoms with Gasteiger partial charge >= 0.3 is 0 Å². The van der Waals surface area contributed by atoms with E-state index in [1.807, 2.05) is 23.7 Å². The number of carbonyl (C=O) groups excluding carboxylic acids is 1. The first-order chi connectivity index (χ1) is 11.7. The number of hydrogen-bond donors (Lipinski definition) is 0. The van der Waals surface area contributed by atoms with Crippen LogP contribution in [-0.4, -0.2) is 50.5 Å². The van der Waals surface area contributed by atoms with Gasteiger partial charge in [-0.05, 0) is 25.8 Å². The maximum Gasteiger partial charge on any atom is 0.272 e. The zero-order chi connectivity index (χ0) is 16.5. The average Bonchev–Trinajstić information content (AvgIpc) is 3.23. The second-order valence-corrected chi connectivity index (χ2v) is 6.36. The van der Waals surface area contributed by atoms with Gasteiger partial charge in [0.1, 0.15) is 11.8 Å². The highest BCUT2D eigenvalue weighted by Crippen LogP contribution is 2.24. The molecule has 4 heterocycles. The van der Waals surface area contributed by atoms with Gasteiger partial charge in [0.25, 0.3) is 5.91 Å². The Morgan fingerprint density at radius 3 is 3.08 bits per heavy atom. The Bertz CT molecular complexity index is 719. The molecular formula is C16H21N5O3. The lowest BCUT2D eigenvalue weighted by Crippen LogP contribution is -2.47. The highest BCUT2D eigenvalue weighted by atomic mass is 16.7. The molecule has 0 aliphatic carbocycles. The Morgan fingerprint density at radius 2 is 2.33 bits per heavy atom. The van der Waals surface area contributed by atoms with Crippen LogP contribution in [-0.2, 0) is 22.7 Å². The van der Waals surface area contributed by atoms with Crippen LogP contribution in [0.3, 0.4) is 0 Å². The van der Waals surface area contributed by atoms with Gasteiger partial charge in [0, 0.05) is 38.4 Å². The van der Waals surface area contributed by atoms with Crippen molar-refractivity contribution >= 4 is 5.91 Å². The summed E-state index contributed by atoms with van der Waals surface area (Å²) in [6.45, 7) is 5.09. The number of nitrogens with zero attached hydrogens (tertiary/aromatic N) is 5. The van der Waals surface area contributed by atoms with Crippen molar-refractivity contribution in [2.75, 3.05) is 19.7 Å². The number of carbonyl (C=O) groups is 1. The van der Waals surface area contributed by atoms with Gasteiger partial charge in [0.2, 0.25) is 0 Å². The fourth-order valence-electron chi connectivity index (χ4n) is 3.32. The summed E-state index contributed by atoms with van der Waals surface area (Å²) in [7, 11) is 0. The molecule has 1 amide bonds. The topological polar surface area (TPSA) is 76.6 Å². The zero-order valence-electron chi connectivity index (χ0n) is 13.7. The molecule has 24 heavy (non-hydrogen) atoms.